The number of methoxy groups -OCH3 is 1. The van der Waals surface area contributed by atoms with E-state index in [9.17, 15) is 8.42 Å². The molecule has 0 bridgehead atoms. The highest BCUT2D eigenvalue weighted by Gasteiger charge is 2.53. The lowest BCUT2D eigenvalue weighted by Crippen LogP contribution is -2.68. The predicted octanol–water partition coefficient (Wildman–Crippen LogP) is 0.851. The summed E-state index contributed by atoms with van der Waals surface area (Å²) in [4.78, 5) is 0.170. The molecule has 1 heterocycles. The molecule has 1 aliphatic carbocycles. The van der Waals surface area contributed by atoms with Crippen LogP contribution in [0.25, 0.3) is 0 Å². The molecule has 116 valence electrons. The molecule has 1 saturated heterocycles. The number of fused-ring (bicyclic) bond motifs is 1. The first-order valence-corrected chi connectivity index (χ1v) is 8.95. The molecule has 0 radical (unpaired) electrons. The molecule has 4 atom stereocenters. The first kappa shape index (κ1) is 15.2. The van der Waals surface area contributed by atoms with Gasteiger partial charge in [0.1, 0.15) is 5.75 Å². The second-order valence-corrected chi connectivity index (χ2v) is 7.88. The fourth-order valence-electron chi connectivity index (χ4n) is 2.96. The molecule has 0 aromatic heterocycles. The van der Waals surface area contributed by atoms with Crippen molar-refractivity contribution in [2.24, 2.45) is 11.7 Å². The first-order valence-electron chi connectivity index (χ1n) is 6.67. The Kier molecular flexibility index (Phi) is 4.00. The second-order valence-electron chi connectivity index (χ2n) is 5.31. The van der Waals surface area contributed by atoms with Crippen molar-refractivity contribution in [2.75, 3.05) is 13.7 Å². The molecule has 2 aliphatic rings. The Bertz CT molecular complexity index is 652. The van der Waals surface area contributed by atoms with Crippen molar-refractivity contribution in [3.8, 4) is 5.75 Å². The fraction of sp³-hybridized carbons (Fsp3) is 0.538. The number of rotatable bonds is 4. The summed E-state index contributed by atoms with van der Waals surface area (Å²) in [6.07, 6.45) is 0.800. The summed E-state index contributed by atoms with van der Waals surface area (Å²) in [5, 5.41) is 0. The number of nitrogens with two attached hydrogens (primary N) is 1. The van der Waals surface area contributed by atoms with Gasteiger partial charge in [-0.2, -0.15) is 0 Å². The Morgan fingerprint density at radius 1 is 1.48 bits per heavy atom. The van der Waals surface area contributed by atoms with Gasteiger partial charge in [-0.25, -0.2) is 13.1 Å². The topological polar surface area (TPSA) is 90.7 Å². The van der Waals surface area contributed by atoms with Crippen molar-refractivity contribution in [1.29, 1.82) is 0 Å². The van der Waals surface area contributed by atoms with Gasteiger partial charge in [0.15, 0.2) is 0 Å². The number of benzene rings is 1. The Morgan fingerprint density at radius 3 is 2.90 bits per heavy atom. The standard InChI is InChI=1S/C13H17BrN2O4S/c1-19-10-3-2-7(6-9(10)14)21(17,18)16-12-11(15)8-4-5-20-13(8)12/h2-3,6,8,11-13,16H,4-5,15H2,1H3. The van der Waals surface area contributed by atoms with E-state index < -0.39 is 10.0 Å². The van der Waals surface area contributed by atoms with Crippen molar-refractivity contribution < 1.29 is 17.9 Å². The maximum atomic E-state index is 12.4. The fourth-order valence-corrected chi connectivity index (χ4v) is 4.95. The summed E-state index contributed by atoms with van der Waals surface area (Å²) in [6, 6.07) is 4.08. The van der Waals surface area contributed by atoms with E-state index in [0.29, 0.717) is 16.8 Å². The highest BCUT2D eigenvalue weighted by atomic mass is 79.9. The minimum atomic E-state index is -3.63. The molecule has 2 fully saturated rings. The molecule has 3 N–H and O–H groups in total. The van der Waals surface area contributed by atoms with Crippen LogP contribution in [-0.2, 0) is 14.8 Å². The molecule has 8 heteroatoms. The highest BCUT2D eigenvalue weighted by molar-refractivity contribution is 9.10. The SMILES string of the molecule is COc1ccc(S(=O)(=O)NC2C(N)C3CCOC32)cc1Br. The summed E-state index contributed by atoms with van der Waals surface area (Å²) < 4.78 is 38.8. The molecule has 1 saturated carbocycles. The quantitative estimate of drug-likeness (QED) is 0.812. The van der Waals surface area contributed by atoms with Gasteiger partial charge in [-0.3, -0.25) is 0 Å². The van der Waals surface area contributed by atoms with Gasteiger partial charge in [-0.1, -0.05) is 0 Å². The molecular weight excluding hydrogens is 360 g/mol. The Morgan fingerprint density at radius 2 is 2.24 bits per heavy atom. The molecule has 4 unspecified atom stereocenters. The average Bonchev–Trinajstić information content (AvgIpc) is 2.89. The lowest BCUT2D eigenvalue weighted by atomic mass is 9.73. The van der Waals surface area contributed by atoms with Crippen LogP contribution in [0, 0.1) is 5.92 Å². The number of nitrogens with one attached hydrogen (secondary N) is 1. The van der Waals surface area contributed by atoms with Crippen LogP contribution >= 0.6 is 15.9 Å². The van der Waals surface area contributed by atoms with Crippen LogP contribution in [0.15, 0.2) is 27.6 Å². The zero-order valence-corrected chi connectivity index (χ0v) is 13.9. The Hall–Kier alpha value is -0.670. The number of hydrogen-bond donors (Lipinski definition) is 2. The second kappa shape index (κ2) is 5.51. The molecule has 0 amide bonds. The zero-order chi connectivity index (χ0) is 15.2. The van der Waals surface area contributed by atoms with Gasteiger partial charge in [0.2, 0.25) is 10.0 Å². The van der Waals surface area contributed by atoms with E-state index in [-0.39, 0.29) is 29.0 Å². The van der Waals surface area contributed by atoms with Gasteiger partial charge in [0.25, 0.3) is 0 Å². The average molecular weight is 377 g/mol. The predicted molar refractivity (Wildman–Crippen MR) is 80.6 cm³/mol. The molecule has 3 rings (SSSR count). The van der Waals surface area contributed by atoms with Gasteiger partial charge in [0.05, 0.1) is 28.6 Å². The first-order chi connectivity index (χ1) is 9.94. The molecule has 6 nitrogen and oxygen atoms in total. The maximum Gasteiger partial charge on any atom is 0.241 e. The molecule has 0 spiro atoms. The van der Waals surface area contributed by atoms with E-state index >= 15 is 0 Å². The number of sulfonamides is 1. The third-order valence-corrected chi connectivity index (χ3v) is 6.25. The third kappa shape index (κ3) is 2.59. The largest absolute Gasteiger partial charge is 0.496 e. The van der Waals surface area contributed by atoms with Crippen molar-refractivity contribution in [1.82, 2.24) is 4.72 Å². The minimum Gasteiger partial charge on any atom is -0.496 e. The van der Waals surface area contributed by atoms with Crippen LogP contribution in [0.5, 0.6) is 5.75 Å². The van der Waals surface area contributed by atoms with Crippen molar-refractivity contribution in [3.05, 3.63) is 22.7 Å². The smallest absolute Gasteiger partial charge is 0.241 e. The van der Waals surface area contributed by atoms with Crippen LogP contribution in [0.2, 0.25) is 0 Å². The number of halogens is 1. The monoisotopic (exact) mass is 376 g/mol. The number of hydrogen-bond acceptors (Lipinski definition) is 5. The number of ether oxygens (including phenoxy) is 2. The minimum absolute atomic E-state index is 0.100. The zero-order valence-electron chi connectivity index (χ0n) is 11.5. The molecular formula is C13H17BrN2O4S. The van der Waals surface area contributed by atoms with Gasteiger partial charge in [0, 0.05) is 18.6 Å². The van der Waals surface area contributed by atoms with E-state index in [4.69, 9.17) is 15.2 Å². The van der Waals surface area contributed by atoms with Gasteiger partial charge >= 0.3 is 0 Å². The van der Waals surface area contributed by atoms with Gasteiger partial charge in [-0.05, 0) is 40.5 Å². The summed E-state index contributed by atoms with van der Waals surface area (Å²) in [5.41, 5.74) is 6.03. The Labute approximate surface area is 132 Å². The van der Waals surface area contributed by atoms with E-state index in [0.717, 1.165) is 6.42 Å². The van der Waals surface area contributed by atoms with Crippen molar-refractivity contribution >= 4 is 26.0 Å². The summed E-state index contributed by atoms with van der Waals surface area (Å²) >= 11 is 3.29. The van der Waals surface area contributed by atoms with Crippen LogP contribution in [0.4, 0.5) is 0 Å². The van der Waals surface area contributed by atoms with E-state index in [1.165, 1.54) is 19.2 Å². The van der Waals surface area contributed by atoms with Crippen molar-refractivity contribution in [2.45, 2.75) is 29.5 Å². The Balaban J connectivity index is 1.79. The molecule has 1 aliphatic heterocycles. The maximum absolute atomic E-state index is 12.4. The van der Waals surface area contributed by atoms with Crippen LogP contribution in [-0.4, -0.2) is 40.3 Å². The summed E-state index contributed by atoms with van der Waals surface area (Å²) in [6.45, 7) is 0.648. The molecule has 1 aromatic carbocycles. The lowest BCUT2D eigenvalue weighted by Gasteiger charge is -2.45. The lowest BCUT2D eigenvalue weighted by molar-refractivity contribution is -0.00924. The van der Waals surface area contributed by atoms with Crippen LogP contribution in [0.1, 0.15) is 6.42 Å². The summed E-state index contributed by atoms with van der Waals surface area (Å²) in [7, 11) is -2.11. The molecule has 1 aromatic rings. The van der Waals surface area contributed by atoms with E-state index in [1.54, 1.807) is 6.07 Å². The molecule has 21 heavy (non-hydrogen) atoms. The van der Waals surface area contributed by atoms with Gasteiger partial charge in [-0.15, -0.1) is 0 Å². The van der Waals surface area contributed by atoms with Crippen LogP contribution < -0.4 is 15.2 Å². The van der Waals surface area contributed by atoms with E-state index in [2.05, 4.69) is 20.7 Å². The van der Waals surface area contributed by atoms with E-state index in [1.807, 2.05) is 0 Å². The van der Waals surface area contributed by atoms with Gasteiger partial charge < -0.3 is 15.2 Å². The van der Waals surface area contributed by atoms with Crippen LogP contribution in [0.3, 0.4) is 0 Å². The summed E-state index contributed by atoms with van der Waals surface area (Å²) in [5.74, 6) is 0.841. The normalized spacial score (nSPS) is 31.6. The highest BCUT2D eigenvalue weighted by Crippen LogP contribution is 2.38. The third-order valence-electron chi connectivity index (χ3n) is 4.17. The van der Waals surface area contributed by atoms with Crippen molar-refractivity contribution in [3.63, 3.8) is 0 Å².